The van der Waals surface area contributed by atoms with Gasteiger partial charge in [0.25, 0.3) is 0 Å². The molecule has 0 aliphatic rings. The summed E-state index contributed by atoms with van der Waals surface area (Å²) in [6, 6.07) is 7.49. The second-order valence-corrected chi connectivity index (χ2v) is 7.33. The highest BCUT2D eigenvalue weighted by Crippen LogP contribution is 2.43. The highest BCUT2D eigenvalue weighted by atomic mass is 79.9. The molecular formula is C19H16BrClF3N3O3. The smallest absolute Gasteiger partial charge is 0.432 e. The van der Waals surface area contributed by atoms with E-state index < -0.39 is 35.0 Å². The highest BCUT2D eigenvalue weighted by Gasteiger charge is 2.41. The number of benzene rings is 1. The average Bonchev–Trinajstić information content (AvgIpc) is 2.98. The highest BCUT2D eigenvalue weighted by molar-refractivity contribution is 9.10. The van der Waals surface area contributed by atoms with Crippen molar-refractivity contribution in [1.82, 2.24) is 9.88 Å². The number of unbranched alkanes of at least 4 members (excludes halogenated alkanes) is 1. The van der Waals surface area contributed by atoms with Gasteiger partial charge in [0.1, 0.15) is 11.8 Å². The Morgan fingerprint density at radius 3 is 2.47 bits per heavy atom. The maximum Gasteiger partial charge on any atom is 0.432 e. The number of amides is 1. The van der Waals surface area contributed by atoms with Gasteiger partial charge in [-0.2, -0.15) is 18.4 Å². The van der Waals surface area contributed by atoms with Gasteiger partial charge in [0.2, 0.25) is 0 Å². The molecule has 160 valence electrons. The summed E-state index contributed by atoms with van der Waals surface area (Å²) in [5, 5.41) is 12.1. The van der Waals surface area contributed by atoms with E-state index in [0.29, 0.717) is 16.0 Å². The third kappa shape index (κ3) is 5.34. The zero-order valence-electron chi connectivity index (χ0n) is 15.6. The maximum absolute atomic E-state index is 13.7. The number of hydrogen-bond acceptors (Lipinski definition) is 4. The molecule has 6 nitrogen and oxygen atoms in total. The molecule has 1 aromatic carbocycles. The number of hydrogen-bond donors (Lipinski definition) is 1. The van der Waals surface area contributed by atoms with E-state index >= 15 is 0 Å². The minimum atomic E-state index is -4.87. The summed E-state index contributed by atoms with van der Waals surface area (Å²) in [6.45, 7) is 1.20. The lowest BCUT2D eigenvalue weighted by Gasteiger charge is -2.16. The van der Waals surface area contributed by atoms with Gasteiger partial charge in [0.15, 0.2) is 6.73 Å². The monoisotopic (exact) mass is 505 g/mol. The van der Waals surface area contributed by atoms with E-state index in [1.165, 1.54) is 24.3 Å². The minimum Gasteiger partial charge on any atom is -0.437 e. The summed E-state index contributed by atoms with van der Waals surface area (Å²) in [5.74, 6) is -2.39. The lowest BCUT2D eigenvalue weighted by molar-refractivity contribution is -0.160. The van der Waals surface area contributed by atoms with Crippen molar-refractivity contribution in [2.24, 2.45) is 0 Å². The quantitative estimate of drug-likeness (QED) is 0.344. The molecule has 0 aliphatic carbocycles. The van der Waals surface area contributed by atoms with E-state index in [1.807, 2.05) is 6.92 Å². The van der Waals surface area contributed by atoms with E-state index in [2.05, 4.69) is 21.2 Å². The number of ether oxygens (including phenoxy) is 1. The van der Waals surface area contributed by atoms with Crippen LogP contribution in [0.2, 0.25) is 5.02 Å². The zero-order chi connectivity index (χ0) is 22.5. The molecule has 11 heteroatoms. The van der Waals surface area contributed by atoms with Gasteiger partial charge in [0, 0.05) is 11.6 Å². The van der Waals surface area contributed by atoms with Crippen molar-refractivity contribution in [3.63, 3.8) is 0 Å². The number of esters is 1. The molecule has 1 N–H and O–H groups in total. The summed E-state index contributed by atoms with van der Waals surface area (Å²) < 4.78 is 46.1. The SMILES string of the molecule is CCCCNC(=O)C(=O)OCn1c(-c2ccc(Cl)cc2)c(C#N)c(Br)c1C(F)(F)F. The number of aromatic nitrogens is 1. The Bertz CT molecular complexity index is 982. The summed E-state index contributed by atoms with van der Waals surface area (Å²) in [7, 11) is 0. The number of nitrogens with zero attached hydrogens (tertiary/aromatic N) is 2. The predicted molar refractivity (Wildman–Crippen MR) is 106 cm³/mol. The van der Waals surface area contributed by atoms with E-state index in [4.69, 9.17) is 16.3 Å². The van der Waals surface area contributed by atoms with Crippen LogP contribution >= 0.6 is 27.5 Å². The Labute approximate surface area is 183 Å². The van der Waals surface area contributed by atoms with Gasteiger partial charge in [-0.1, -0.05) is 37.1 Å². The Morgan fingerprint density at radius 2 is 1.93 bits per heavy atom. The van der Waals surface area contributed by atoms with Crippen molar-refractivity contribution < 1.29 is 27.5 Å². The maximum atomic E-state index is 13.7. The normalized spacial score (nSPS) is 11.1. The van der Waals surface area contributed by atoms with Crippen molar-refractivity contribution >= 4 is 39.4 Å². The topological polar surface area (TPSA) is 84.1 Å². The Hall–Kier alpha value is -2.51. The first-order valence-electron chi connectivity index (χ1n) is 8.72. The van der Waals surface area contributed by atoms with Gasteiger partial charge in [0.05, 0.1) is 15.7 Å². The Balaban J connectivity index is 2.46. The van der Waals surface area contributed by atoms with Crippen LogP contribution in [0.5, 0.6) is 0 Å². The van der Waals surface area contributed by atoms with Crippen molar-refractivity contribution in [2.75, 3.05) is 6.54 Å². The van der Waals surface area contributed by atoms with Gasteiger partial charge in [-0.15, -0.1) is 0 Å². The number of halogens is 5. The number of alkyl halides is 3. The Morgan fingerprint density at radius 1 is 1.30 bits per heavy atom. The fraction of sp³-hybridized carbons (Fsp3) is 0.316. The van der Waals surface area contributed by atoms with Crippen molar-refractivity contribution in [3.05, 3.63) is 45.0 Å². The first-order valence-corrected chi connectivity index (χ1v) is 9.89. The number of carbonyl (C=O) groups excluding carboxylic acids is 2. The van der Waals surface area contributed by atoms with Crippen LogP contribution in [-0.4, -0.2) is 23.0 Å². The first kappa shape index (κ1) is 23.8. The first-order chi connectivity index (χ1) is 14.1. The van der Waals surface area contributed by atoms with Gasteiger partial charge < -0.3 is 14.6 Å². The van der Waals surface area contributed by atoms with E-state index in [0.717, 1.165) is 6.42 Å². The molecular weight excluding hydrogens is 491 g/mol. The molecule has 0 unspecified atom stereocenters. The third-order valence-corrected chi connectivity index (χ3v) is 5.05. The van der Waals surface area contributed by atoms with Crippen LogP contribution in [0.25, 0.3) is 11.3 Å². The molecule has 2 rings (SSSR count). The van der Waals surface area contributed by atoms with Crippen molar-refractivity contribution in [1.29, 1.82) is 5.26 Å². The molecule has 0 saturated heterocycles. The fourth-order valence-corrected chi connectivity index (χ4v) is 3.48. The second kappa shape index (κ2) is 10.00. The molecule has 0 radical (unpaired) electrons. The van der Waals surface area contributed by atoms with Crippen LogP contribution in [0, 0.1) is 11.3 Å². The lowest BCUT2D eigenvalue weighted by atomic mass is 10.1. The Kier molecular flexibility index (Phi) is 7.92. The number of rotatable bonds is 6. The van der Waals surface area contributed by atoms with Crippen LogP contribution in [0.15, 0.2) is 28.7 Å². The number of carbonyl (C=O) groups is 2. The molecule has 0 saturated carbocycles. The molecule has 0 aliphatic heterocycles. The van der Waals surface area contributed by atoms with Crippen molar-refractivity contribution in [2.45, 2.75) is 32.7 Å². The molecule has 0 atom stereocenters. The van der Waals surface area contributed by atoms with Crippen molar-refractivity contribution in [3.8, 4) is 17.3 Å². The summed E-state index contributed by atoms with van der Waals surface area (Å²) in [5.41, 5.74) is -1.40. The molecule has 1 heterocycles. The second-order valence-electron chi connectivity index (χ2n) is 6.10. The zero-order valence-corrected chi connectivity index (χ0v) is 18.0. The summed E-state index contributed by atoms with van der Waals surface area (Å²) >= 11 is 8.67. The molecule has 0 fully saturated rings. The van der Waals surface area contributed by atoms with Crippen LogP contribution < -0.4 is 5.32 Å². The van der Waals surface area contributed by atoms with Crippen LogP contribution in [0.1, 0.15) is 31.0 Å². The molecule has 0 bridgehead atoms. The molecule has 1 aromatic heterocycles. The molecule has 1 amide bonds. The summed E-state index contributed by atoms with van der Waals surface area (Å²) in [4.78, 5) is 23.7. The lowest BCUT2D eigenvalue weighted by Crippen LogP contribution is -2.33. The predicted octanol–water partition coefficient (Wildman–Crippen LogP) is 4.88. The van der Waals surface area contributed by atoms with E-state index in [9.17, 15) is 28.0 Å². The van der Waals surface area contributed by atoms with Gasteiger partial charge >= 0.3 is 18.1 Å². The van der Waals surface area contributed by atoms with Gasteiger partial charge in [-0.05, 0) is 40.0 Å². The number of nitrogens with one attached hydrogen (secondary N) is 1. The molecule has 0 spiro atoms. The van der Waals surface area contributed by atoms with Gasteiger partial charge in [-0.25, -0.2) is 4.79 Å². The van der Waals surface area contributed by atoms with E-state index in [-0.39, 0.29) is 23.4 Å². The van der Waals surface area contributed by atoms with E-state index in [1.54, 1.807) is 6.07 Å². The molecule has 30 heavy (non-hydrogen) atoms. The van der Waals surface area contributed by atoms with Crippen LogP contribution in [0.4, 0.5) is 13.2 Å². The standard InChI is InChI=1S/C19H16BrClF3N3O3/c1-2-3-8-26-17(28)18(29)30-10-27-15(11-4-6-12(21)7-5-11)13(9-25)14(20)16(27)19(22,23)24/h4-7H,2-3,8,10H2,1H3,(H,26,28). The van der Waals surface area contributed by atoms with Crippen LogP contribution in [0.3, 0.4) is 0 Å². The average molecular weight is 507 g/mol. The minimum absolute atomic E-state index is 0.132. The van der Waals surface area contributed by atoms with Crippen LogP contribution in [-0.2, 0) is 27.2 Å². The third-order valence-electron chi connectivity index (χ3n) is 4.03. The summed E-state index contributed by atoms with van der Waals surface area (Å²) in [6.07, 6.45) is -3.46. The largest absolute Gasteiger partial charge is 0.437 e. The fourth-order valence-electron chi connectivity index (χ4n) is 2.64. The van der Waals surface area contributed by atoms with Gasteiger partial charge in [-0.3, -0.25) is 4.79 Å². The number of nitriles is 1. The molecule has 2 aromatic rings.